The number of hydrogen-bond donors (Lipinski definition) is 2. The van der Waals surface area contributed by atoms with Crippen LogP contribution in [-0.2, 0) is 9.47 Å². The van der Waals surface area contributed by atoms with Crippen LogP contribution in [0.4, 0.5) is 15.8 Å². The maximum atomic E-state index is 14.2. The largest absolute Gasteiger partial charge is 0.351 e. The number of carbonyl (C=O) groups is 1. The number of pyridine rings is 1. The van der Waals surface area contributed by atoms with Gasteiger partial charge in [-0.05, 0) is 63.8 Å². The minimum absolute atomic E-state index is 0.0132. The molecule has 29 heavy (non-hydrogen) atoms. The number of fused-ring (bicyclic) bond motifs is 1. The fourth-order valence-electron chi connectivity index (χ4n) is 4.09. The zero-order valence-electron chi connectivity index (χ0n) is 16.9. The first-order valence-electron chi connectivity index (χ1n) is 9.96. The zero-order chi connectivity index (χ0) is 20.6. The molecular formula is C22H26FN3O3. The Hall–Kier alpha value is -2.51. The van der Waals surface area contributed by atoms with Crippen molar-refractivity contribution in [1.29, 1.82) is 0 Å². The Bertz CT molecular complexity index is 918. The van der Waals surface area contributed by atoms with Crippen molar-refractivity contribution >= 4 is 17.3 Å². The Morgan fingerprint density at radius 3 is 2.83 bits per heavy atom. The molecule has 1 aliphatic carbocycles. The van der Waals surface area contributed by atoms with Crippen LogP contribution in [0.1, 0.15) is 49.0 Å². The van der Waals surface area contributed by atoms with Crippen LogP contribution in [-0.4, -0.2) is 34.9 Å². The Labute approximate surface area is 169 Å². The minimum Gasteiger partial charge on any atom is -0.351 e. The molecule has 3 atom stereocenters. The second-order valence-electron chi connectivity index (χ2n) is 8.18. The predicted octanol–water partition coefficient (Wildman–Crippen LogP) is 4.08. The number of nitrogens with zero attached hydrogens (tertiary/aromatic N) is 1. The van der Waals surface area contributed by atoms with Gasteiger partial charge in [0.25, 0.3) is 5.91 Å². The first-order chi connectivity index (χ1) is 13.8. The lowest BCUT2D eigenvalue weighted by Crippen LogP contribution is -2.50. The van der Waals surface area contributed by atoms with E-state index in [1.807, 2.05) is 26.8 Å². The molecular weight excluding hydrogens is 373 g/mol. The van der Waals surface area contributed by atoms with Crippen molar-refractivity contribution in [1.82, 2.24) is 10.3 Å². The topological polar surface area (TPSA) is 72.5 Å². The van der Waals surface area contributed by atoms with Crippen molar-refractivity contribution in [2.45, 2.75) is 64.1 Å². The third kappa shape index (κ3) is 4.26. The van der Waals surface area contributed by atoms with E-state index in [2.05, 4.69) is 15.6 Å². The quantitative estimate of drug-likeness (QED) is 0.811. The van der Waals surface area contributed by atoms with E-state index in [1.54, 1.807) is 18.3 Å². The van der Waals surface area contributed by atoms with Crippen LogP contribution in [0.3, 0.4) is 0 Å². The lowest BCUT2D eigenvalue weighted by Gasteiger charge is -2.32. The van der Waals surface area contributed by atoms with Gasteiger partial charge >= 0.3 is 0 Å². The van der Waals surface area contributed by atoms with E-state index >= 15 is 0 Å². The Morgan fingerprint density at radius 1 is 1.21 bits per heavy atom. The second-order valence-corrected chi connectivity index (χ2v) is 8.18. The summed E-state index contributed by atoms with van der Waals surface area (Å²) >= 11 is 0. The first kappa shape index (κ1) is 19.8. The molecule has 6 nitrogen and oxygen atoms in total. The number of anilines is 2. The fourth-order valence-corrected chi connectivity index (χ4v) is 4.09. The number of rotatable bonds is 4. The van der Waals surface area contributed by atoms with Crippen molar-refractivity contribution in [3.05, 3.63) is 53.6 Å². The molecule has 1 saturated heterocycles. The number of ether oxygens (including phenoxy) is 2. The summed E-state index contributed by atoms with van der Waals surface area (Å²) in [6.07, 6.45) is 5.60. The van der Waals surface area contributed by atoms with E-state index in [0.717, 1.165) is 24.8 Å². The summed E-state index contributed by atoms with van der Waals surface area (Å²) in [5.41, 5.74) is 1.97. The average Bonchev–Trinajstić information content (AvgIpc) is 2.99. The van der Waals surface area contributed by atoms with Crippen molar-refractivity contribution in [3.63, 3.8) is 0 Å². The normalized spacial score (nSPS) is 25.3. The van der Waals surface area contributed by atoms with Gasteiger partial charge < -0.3 is 20.1 Å². The zero-order valence-corrected chi connectivity index (χ0v) is 16.9. The van der Waals surface area contributed by atoms with E-state index in [0.29, 0.717) is 16.9 Å². The van der Waals surface area contributed by atoms with Crippen LogP contribution in [0.15, 0.2) is 36.7 Å². The third-order valence-corrected chi connectivity index (χ3v) is 5.40. The summed E-state index contributed by atoms with van der Waals surface area (Å²) in [7, 11) is 0. The van der Waals surface area contributed by atoms with Crippen LogP contribution in [0.25, 0.3) is 0 Å². The number of benzene rings is 1. The number of carbonyl (C=O) groups excluding carboxylic acids is 1. The van der Waals surface area contributed by atoms with Gasteiger partial charge in [0.05, 0.1) is 35.3 Å². The molecule has 3 unspecified atom stereocenters. The maximum absolute atomic E-state index is 14.2. The predicted molar refractivity (Wildman–Crippen MR) is 108 cm³/mol. The van der Waals surface area contributed by atoms with Crippen molar-refractivity contribution in [3.8, 4) is 0 Å². The standard InChI is InChI=1S/C22H26FN3O3/c1-13-7-8-16(15(23)11-13)25-18-12-24-10-9-14(18)21(27)26-17-5-4-6-19-20(17)29-22(2,3)28-19/h7-12,17,19-20,25H,4-6H2,1-3H3,(H,26,27). The number of amides is 1. The molecule has 2 aliphatic rings. The van der Waals surface area contributed by atoms with Crippen LogP contribution >= 0.6 is 0 Å². The number of hydrogen-bond acceptors (Lipinski definition) is 5. The smallest absolute Gasteiger partial charge is 0.253 e. The molecule has 2 aromatic rings. The summed E-state index contributed by atoms with van der Waals surface area (Å²) in [4.78, 5) is 17.1. The highest BCUT2D eigenvalue weighted by Gasteiger charge is 2.47. The van der Waals surface area contributed by atoms with Gasteiger partial charge in [0.1, 0.15) is 11.9 Å². The van der Waals surface area contributed by atoms with Gasteiger partial charge in [-0.3, -0.25) is 9.78 Å². The fraction of sp³-hybridized carbons (Fsp3) is 0.455. The van der Waals surface area contributed by atoms with E-state index in [9.17, 15) is 9.18 Å². The molecule has 4 rings (SSSR count). The minimum atomic E-state index is -0.644. The molecule has 0 radical (unpaired) electrons. The second kappa shape index (κ2) is 7.72. The average molecular weight is 399 g/mol. The van der Waals surface area contributed by atoms with Crippen LogP contribution < -0.4 is 10.6 Å². The van der Waals surface area contributed by atoms with Gasteiger partial charge in [-0.25, -0.2) is 4.39 Å². The molecule has 2 fully saturated rings. The summed E-state index contributed by atoms with van der Waals surface area (Å²) in [6.45, 7) is 5.61. The maximum Gasteiger partial charge on any atom is 0.253 e. The van der Waals surface area contributed by atoms with E-state index in [4.69, 9.17) is 9.47 Å². The summed E-state index contributed by atoms with van der Waals surface area (Å²) in [6, 6.07) is 6.39. The van der Waals surface area contributed by atoms with Crippen molar-refractivity contribution in [2.24, 2.45) is 0 Å². The van der Waals surface area contributed by atoms with E-state index < -0.39 is 5.79 Å². The summed E-state index contributed by atoms with van der Waals surface area (Å²) < 4.78 is 26.2. The van der Waals surface area contributed by atoms with Gasteiger partial charge in [0, 0.05) is 6.20 Å². The lowest BCUT2D eigenvalue weighted by molar-refractivity contribution is -0.147. The molecule has 1 amide bonds. The summed E-state index contributed by atoms with van der Waals surface area (Å²) in [5.74, 6) is -1.27. The van der Waals surface area contributed by atoms with E-state index in [1.165, 1.54) is 12.3 Å². The summed E-state index contributed by atoms with van der Waals surface area (Å²) in [5, 5.41) is 6.08. The highest BCUT2D eigenvalue weighted by Crippen LogP contribution is 2.37. The highest BCUT2D eigenvalue weighted by atomic mass is 19.1. The SMILES string of the molecule is Cc1ccc(Nc2cnccc2C(=O)NC2CCCC3OC(C)(C)OC23)c(F)c1. The molecule has 0 bridgehead atoms. The number of aryl methyl sites for hydroxylation is 1. The monoisotopic (exact) mass is 399 g/mol. The molecule has 7 heteroatoms. The molecule has 1 aliphatic heterocycles. The van der Waals surface area contributed by atoms with Gasteiger partial charge in [0.2, 0.25) is 0 Å². The van der Waals surface area contributed by atoms with Crippen LogP contribution in [0.5, 0.6) is 0 Å². The Kier molecular flexibility index (Phi) is 5.27. The molecule has 2 heterocycles. The molecule has 1 saturated carbocycles. The molecule has 1 aromatic heterocycles. The van der Waals surface area contributed by atoms with E-state index in [-0.39, 0.29) is 30.0 Å². The van der Waals surface area contributed by atoms with Crippen molar-refractivity contribution in [2.75, 3.05) is 5.32 Å². The third-order valence-electron chi connectivity index (χ3n) is 5.40. The highest BCUT2D eigenvalue weighted by molar-refractivity contribution is 6.00. The van der Waals surface area contributed by atoms with Crippen LogP contribution in [0.2, 0.25) is 0 Å². The molecule has 1 aromatic carbocycles. The van der Waals surface area contributed by atoms with Gasteiger partial charge in [-0.15, -0.1) is 0 Å². The number of nitrogens with one attached hydrogen (secondary N) is 2. The number of aromatic nitrogens is 1. The van der Waals surface area contributed by atoms with Crippen molar-refractivity contribution < 1.29 is 18.7 Å². The van der Waals surface area contributed by atoms with Gasteiger partial charge in [0.15, 0.2) is 5.79 Å². The first-order valence-corrected chi connectivity index (χ1v) is 9.96. The molecule has 2 N–H and O–H groups in total. The van der Waals surface area contributed by atoms with Gasteiger partial charge in [-0.2, -0.15) is 0 Å². The van der Waals surface area contributed by atoms with Crippen LogP contribution in [0, 0.1) is 12.7 Å². The number of halogens is 1. The Balaban J connectivity index is 1.52. The lowest BCUT2D eigenvalue weighted by atomic mass is 9.90. The molecule has 154 valence electrons. The van der Waals surface area contributed by atoms with Gasteiger partial charge in [-0.1, -0.05) is 6.07 Å². The molecule has 0 spiro atoms. The Morgan fingerprint density at radius 2 is 2.03 bits per heavy atom.